The van der Waals surface area contributed by atoms with Crippen LogP contribution in [0.3, 0.4) is 0 Å². The van der Waals surface area contributed by atoms with Crippen LogP contribution in [0.1, 0.15) is 11.1 Å². The van der Waals surface area contributed by atoms with E-state index in [1.54, 1.807) is 6.08 Å². The number of thioether (sulfide) groups is 1. The lowest BCUT2D eigenvalue weighted by molar-refractivity contribution is -0.310. The summed E-state index contributed by atoms with van der Waals surface area (Å²) in [6.45, 7) is 0. The molecule has 1 fully saturated rings. The molecule has 0 aliphatic carbocycles. The lowest BCUT2D eigenvalue weighted by atomic mass is 10.0. The van der Waals surface area contributed by atoms with Crippen molar-refractivity contribution in [1.82, 2.24) is 4.90 Å². The number of nitrogens with zero attached hydrogens (tertiary/aromatic N) is 2. The molecule has 28 heavy (non-hydrogen) atoms. The van der Waals surface area contributed by atoms with Crippen molar-refractivity contribution in [2.45, 2.75) is 12.5 Å². The van der Waals surface area contributed by atoms with Crippen LogP contribution < -0.4 is 10.0 Å². The summed E-state index contributed by atoms with van der Waals surface area (Å²) in [7, 11) is 3.90. The molecule has 1 aliphatic heterocycles. The van der Waals surface area contributed by atoms with Crippen molar-refractivity contribution in [3.63, 3.8) is 0 Å². The van der Waals surface area contributed by atoms with Crippen molar-refractivity contribution >= 4 is 51.9 Å². The predicted molar refractivity (Wildman–Crippen MR) is 115 cm³/mol. The van der Waals surface area contributed by atoms with Crippen LogP contribution in [-0.4, -0.2) is 41.2 Å². The fourth-order valence-corrected chi connectivity index (χ4v) is 4.24. The number of carboxylic acids is 1. The minimum atomic E-state index is -1.32. The summed E-state index contributed by atoms with van der Waals surface area (Å²) in [6.07, 6.45) is 1.87. The molecule has 1 heterocycles. The molecular weight excluding hydrogens is 392 g/mol. The molecule has 0 saturated carbocycles. The molecule has 2 aromatic carbocycles. The third kappa shape index (κ3) is 4.43. The standard InChI is InChI=1S/C21H20N2O3S2/c1-22(2)16-10-8-15(9-11-16)13-18-19(24)23(21(27)28-18)17(20(25)26)12-14-6-4-3-5-7-14/h3-11,13,17H,12H2,1-2H3,(H,25,26)/p-1/b18-13-/t17-/m0/s1. The van der Waals surface area contributed by atoms with Gasteiger partial charge in [-0.05, 0) is 35.8 Å². The number of hydrogen-bond acceptors (Lipinski definition) is 6. The lowest BCUT2D eigenvalue weighted by Crippen LogP contribution is -2.51. The molecule has 0 spiro atoms. The largest absolute Gasteiger partial charge is 0.548 e. The van der Waals surface area contributed by atoms with E-state index in [4.69, 9.17) is 12.2 Å². The zero-order valence-electron chi connectivity index (χ0n) is 15.5. The average Bonchev–Trinajstić information content (AvgIpc) is 2.94. The molecule has 1 atom stereocenters. The third-order valence-corrected chi connectivity index (χ3v) is 5.72. The summed E-state index contributed by atoms with van der Waals surface area (Å²) in [4.78, 5) is 28.2. The second-order valence-corrected chi connectivity index (χ2v) is 8.24. The molecule has 0 N–H and O–H groups in total. The van der Waals surface area contributed by atoms with Crippen molar-refractivity contribution in [2.75, 3.05) is 19.0 Å². The number of carbonyl (C=O) groups excluding carboxylic acids is 2. The summed E-state index contributed by atoms with van der Waals surface area (Å²) in [5, 5.41) is 11.8. The van der Waals surface area contributed by atoms with Crippen LogP contribution in [0, 0.1) is 0 Å². The van der Waals surface area contributed by atoms with Crippen molar-refractivity contribution in [2.24, 2.45) is 0 Å². The summed E-state index contributed by atoms with van der Waals surface area (Å²) in [5.74, 6) is -1.73. The molecule has 3 rings (SSSR count). The smallest absolute Gasteiger partial charge is 0.266 e. The van der Waals surface area contributed by atoms with Crippen LogP contribution in [0.4, 0.5) is 5.69 Å². The molecule has 1 aliphatic rings. The fraction of sp³-hybridized carbons (Fsp3) is 0.190. The number of anilines is 1. The molecule has 0 unspecified atom stereocenters. The summed E-state index contributed by atoms with van der Waals surface area (Å²) < 4.78 is 0.228. The van der Waals surface area contributed by atoms with E-state index in [9.17, 15) is 14.7 Å². The van der Waals surface area contributed by atoms with Gasteiger partial charge in [-0.25, -0.2) is 0 Å². The Hall–Kier alpha value is -2.64. The molecule has 7 heteroatoms. The van der Waals surface area contributed by atoms with E-state index in [2.05, 4.69) is 0 Å². The Morgan fingerprint density at radius 2 is 1.82 bits per heavy atom. The van der Waals surface area contributed by atoms with Gasteiger partial charge in [0.25, 0.3) is 5.91 Å². The first-order valence-electron chi connectivity index (χ1n) is 8.66. The van der Waals surface area contributed by atoms with Crippen LogP contribution in [0.2, 0.25) is 0 Å². The number of hydrogen-bond donors (Lipinski definition) is 0. The van der Waals surface area contributed by atoms with Gasteiger partial charge in [0.1, 0.15) is 4.32 Å². The van der Waals surface area contributed by atoms with Crippen LogP contribution in [-0.2, 0) is 16.0 Å². The van der Waals surface area contributed by atoms with E-state index in [1.807, 2.05) is 73.6 Å². The maximum atomic E-state index is 12.9. The van der Waals surface area contributed by atoms with E-state index >= 15 is 0 Å². The van der Waals surface area contributed by atoms with Crippen LogP contribution in [0.5, 0.6) is 0 Å². The Morgan fingerprint density at radius 1 is 1.18 bits per heavy atom. The Bertz CT molecular complexity index is 924. The first kappa shape index (κ1) is 20.1. The topological polar surface area (TPSA) is 63.7 Å². The molecule has 0 bridgehead atoms. The van der Waals surface area contributed by atoms with Gasteiger partial charge in [0.15, 0.2) is 0 Å². The Balaban J connectivity index is 1.84. The highest BCUT2D eigenvalue weighted by atomic mass is 32.2. The van der Waals surface area contributed by atoms with Crippen LogP contribution in [0.15, 0.2) is 59.5 Å². The van der Waals surface area contributed by atoms with Gasteiger partial charge < -0.3 is 14.8 Å². The van der Waals surface area contributed by atoms with Crippen molar-refractivity contribution in [3.05, 3.63) is 70.6 Å². The summed E-state index contributed by atoms with van der Waals surface area (Å²) >= 11 is 6.42. The van der Waals surface area contributed by atoms with E-state index in [-0.39, 0.29) is 10.7 Å². The monoisotopic (exact) mass is 411 g/mol. The molecule has 1 amide bonds. The van der Waals surface area contributed by atoms with E-state index in [0.717, 1.165) is 33.5 Å². The molecule has 0 radical (unpaired) electrons. The third-order valence-electron chi connectivity index (χ3n) is 4.39. The number of carbonyl (C=O) groups is 2. The van der Waals surface area contributed by atoms with Crippen LogP contribution >= 0.6 is 24.0 Å². The first-order chi connectivity index (χ1) is 13.4. The minimum Gasteiger partial charge on any atom is -0.548 e. The lowest BCUT2D eigenvalue weighted by Gasteiger charge is -2.27. The van der Waals surface area contributed by atoms with E-state index in [1.165, 1.54) is 0 Å². The predicted octanol–water partition coefficient (Wildman–Crippen LogP) is 2.31. The Kier molecular flexibility index (Phi) is 6.16. The highest BCUT2D eigenvalue weighted by Crippen LogP contribution is 2.34. The zero-order valence-corrected chi connectivity index (χ0v) is 17.1. The number of benzene rings is 2. The zero-order chi connectivity index (χ0) is 20.3. The number of amides is 1. The SMILES string of the molecule is CN(C)c1ccc(/C=C2\SC(=S)N([C@@H](Cc3ccccc3)C(=O)[O-])C2=O)cc1. The fourth-order valence-electron chi connectivity index (χ4n) is 2.89. The minimum absolute atomic E-state index is 0.139. The van der Waals surface area contributed by atoms with Gasteiger partial charge in [-0.1, -0.05) is 66.4 Å². The average molecular weight is 412 g/mol. The van der Waals surface area contributed by atoms with Crippen molar-refractivity contribution < 1.29 is 14.7 Å². The first-order valence-corrected chi connectivity index (χ1v) is 9.88. The maximum Gasteiger partial charge on any atom is 0.266 e. The van der Waals surface area contributed by atoms with Crippen molar-refractivity contribution in [1.29, 1.82) is 0 Å². The molecule has 144 valence electrons. The number of aliphatic carboxylic acids is 1. The maximum absolute atomic E-state index is 12.9. The molecule has 2 aromatic rings. The van der Waals surface area contributed by atoms with Gasteiger partial charge in [0.05, 0.1) is 16.9 Å². The normalized spacial score (nSPS) is 16.5. The summed E-state index contributed by atoms with van der Waals surface area (Å²) in [5.41, 5.74) is 2.69. The van der Waals surface area contributed by atoms with Gasteiger partial charge in [0, 0.05) is 19.8 Å². The second kappa shape index (κ2) is 8.58. The molecule has 0 aromatic heterocycles. The Labute approximate surface area is 173 Å². The number of rotatable bonds is 6. The number of thiocarbonyl (C=S) groups is 1. The second-order valence-electron chi connectivity index (χ2n) is 6.56. The van der Waals surface area contributed by atoms with Gasteiger partial charge >= 0.3 is 0 Å². The van der Waals surface area contributed by atoms with Crippen molar-refractivity contribution in [3.8, 4) is 0 Å². The van der Waals surface area contributed by atoms with E-state index in [0.29, 0.717) is 4.91 Å². The molecule has 5 nitrogen and oxygen atoms in total. The van der Waals surface area contributed by atoms with Gasteiger partial charge in [-0.15, -0.1) is 0 Å². The highest BCUT2D eigenvalue weighted by Gasteiger charge is 2.37. The highest BCUT2D eigenvalue weighted by molar-refractivity contribution is 8.26. The van der Waals surface area contributed by atoms with E-state index < -0.39 is 17.9 Å². The van der Waals surface area contributed by atoms with Gasteiger partial charge in [0.2, 0.25) is 0 Å². The number of carboxylic acid groups (broad SMARTS) is 1. The summed E-state index contributed by atoms with van der Waals surface area (Å²) in [6, 6.07) is 15.7. The molecular formula is C21H19N2O3S2-. The van der Waals surface area contributed by atoms with Gasteiger partial charge in [-0.3, -0.25) is 9.69 Å². The Morgan fingerprint density at radius 3 is 2.39 bits per heavy atom. The van der Waals surface area contributed by atoms with Gasteiger partial charge in [-0.2, -0.15) is 0 Å². The van der Waals surface area contributed by atoms with Crippen LogP contribution in [0.25, 0.3) is 6.08 Å². The quantitative estimate of drug-likeness (QED) is 0.537. The molecule has 1 saturated heterocycles.